The van der Waals surface area contributed by atoms with Crippen molar-refractivity contribution >= 4 is 23.2 Å². The summed E-state index contributed by atoms with van der Waals surface area (Å²) in [7, 11) is 0. The number of unbranched alkanes of at least 4 members (excludes halogenated alkanes) is 2. The first kappa shape index (κ1) is 16.3. The molecule has 0 saturated carbocycles. The smallest absolute Gasteiger partial charge is 0.242 e. The average molecular weight is 294 g/mol. The highest BCUT2D eigenvalue weighted by atomic mass is 35.5. The number of nitriles is 1. The van der Waals surface area contributed by atoms with Gasteiger partial charge in [-0.1, -0.05) is 31.4 Å². The van der Waals surface area contributed by atoms with Crippen LogP contribution in [0.5, 0.6) is 0 Å². The van der Waals surface area contributed by atoms with Crippen molar-refractivity contribution in [2.45, 2.75) is 39.2 Å². The summed E-state index contributed by atoms with van der Waals surface area (Å²) in [5.74, 6) is -0.0541. The lowest BCUT2D eigenvalue weighted by Crippen LogP contribution is -2.38. The Morgan fingerprint density at radius 3 is 2.80 bits per heavy atom. The van der Waals surface area contributed by atoms with Gasteiger partial charge in [-0.2, -0.15) is 5.26 Å². The quantitative estimate of drug-likeness (QED) is 0.758. The number of nitrogens with one attached hydrogen (secondary N) is 2. The highest BCUT2D eigenvalue weighted by Crippen LogP contribution is 2.23. The molecule has 1 amide bonds. The van der Waals surface area contributed by atoms with Crippen molar-refractivity contribution in [3.63, 3.8) is 0 Å². The Balaban J connectivity index is 2.51. The second-order valence-electron chi connectivity index (χ2n) is 4.67. The van der Waals surface area contributed by atoms with Crippen molar-refractivity contribution in [3.05, 3.63) is 28.8 Å². The summed E-state index contributed by atoms with van der Waals surface area (Å²) in [6, 6.07) is 6.60. The van der Waals surface area contributed by atoms with Crippen LogP contribution in [-0.2, 0) is 4.79 Å². The first-order chi connectivity index (χ1) is 9.58. The third-order valence-electron chi connectivity index (χ3n) is 2.94. The largest absolute Gasteiger partial charge is 0.373 e. The molecular weight excluding hydrogens is 274 g/mol. The fourth-order valence-corrected chi connectivity index (χ4v) is 1.98. The normalized spacial score (nSPS) is 11.5. The van der Waals surface area contributed by atoms with Crippen LogP contribution in [-0.4, -0.2) is 18.5 Å². The molecule has 5 heteroatoms. The van der Waals surface area contributed by atoms with Gasteiger partial charge in [0.05, 0.1) is 22.3 Å². The maximum absolute atomic E-state index is 11.9. The lowest BCUT2D eigenvalue weighted by atomic mass is 10.2. The fourth-order valence-electron chi connectivity index (χ4n) is 1.74. The third-order valence-corrected chi connectivity index (χ3v) is 3.26. The number of hydrogen-bond donors (Lipinski definition) is 2. The van der Waals surface area contributed by atoms with E-state index in [4.69, 9.17) is 16.9 Å². The van der Waals surface area contributed by atoms with Crippen molar-refractivity contribution < 1.29 is 4.79 Å². The minimum Gasteiger partial charge on any atom is -0.373 e. The number of amides is 1. The minimum absolute atomic E-state index is 0.0541. The molecule has 1 atom stereocenters. The van der Waals surface area contributed by atoms with E-state index in [1.54, 1.807) is 25.1 Å². The van der Waals surface area contributed by atoms with Gasteiger partial charge in [0.15, 0.2) is 0 Å². The van der Waals surface area contributed by atoms with Crippen molar-refractivity contribution in [1.82, 2.24) is 5.32 Å². The van der Waals surface area contributed by atoms with Gasteiger partial charge in [0.1, 0.15) is 6.04 Å². The van der Waals surface area contributed by atoms with Crippen LogP contribution in [0.25, 0.3) is 0 Å². The minimum atomic E-state index is -0.373. The topological polar surface area (TPSA) is 64.9 Å². The number of anilines is 1. The van der Waals surface area contributed by atoms with Crippen molar-refractivity contribution in [3.8, 4) is 6.07 Å². The van der Waals surface area contributed by atoms with Gasteiger partial charge in [-0.3, -0.25) is 4.79 Å². The Morgan fingerprint density at radius 2 is 2.20 bits per heavy atom. The molecule has 20 heavy (non-hydrogen) atoms. The predicted molar refractivity (Wildman–Crippen MR) is 81.8 cm³/mol. The molecule has 0 radical (unpaired) electrons. The number of benzene rings is 1. The van der Waals surface area contributed by atoms with E-state index >= 15 is 0 Å². The van der Waals surface area contributed by atoms with Crippen LogP contribution < -0.4 is 10.6 Å². The van der Waals surface area contributed by atoms with Gasteiger partial charge < -0.3 is 10.6 Å². The van der Waals surface area contributed by atoms with Gasteiger partial charge in [-0.25, -0.2) is 0 Å². The summed E-state index contributed by atoms with van der Waals surface area (Å²) in [5.41, 5.74) is 1.15. The molecule has 0 aromatic heterocycles. The molecule has 1 aromatic carbocycles. The maximum Gasteiger partial charge on any atom is 0.242 e. The highest BCUT2D eigenvalue weighted by Gasteiger charge is 2.13. The van der Waals surface area contributed by atoms with Gasteiger partial charge in [0.2, 0.25) is 5.91 Å². The van der Waals surface area contributed by atoms with Crippen LogP contribution in [0.15, 0.2) is 18.2 Å². The molecule has 0 aliphatic carbocycles. The van der Waals surface area contributed by atoms with E-state index in [-0.39, 0.29) is 11.9 Å². The van der Waals surface area contributed by atoms with Crippen LogP contribution in [0.4, 0.5) is 5.69 Å². The summed E-state index contributed by atoms with van der Waals surface area (Å²) < 4.78 is 0. The molecule has 0 fully saturated rings. The van der Waals surface area contributed by atoms with E-state index in [1.807, 2.05) is 6.07 Å². The van der Waals surface area contributed by atoms with Gasteiger partial charge in [0, 0.05) is 6.54 Å². The summed E-state index contributed by atoms with van der Waals surface area (Å²) in [5, 5.41) is 15.1. The van der Waals surface area contributed by atoms with Crippen molar-refractivity contribution in [1.29, 1.82) is 5.26 Å². The molecule has 0 aliphatic heterocycles. The number of hydrogen-bond acceptors (Lipinski definition) is 3. The van der Waals surface area contributed by atoms with E-state index in [0.29, 0.717) is 22.8 Å². The lowest BCUT2D eigenvalue weighted by molar-refractivity contribution is -0.121. The van der Waals surface area contributed by atoms with Gasteiger partial charge >= 0.3 is 0 Å². The van der Waals surface area contributed by atoms with E-state index in [2.05, 4.69) is 17.6 Å². The molecule has 1 aromatic rings. The predicted octanol–water partition coefficient (Wildman–Crippen LogP) is 3.32. The second-order valence-corrected chi connectivity index (χ2v) is 5.08. The van der Waals surface area contributed by atoms with E-state index in [0.717, 1.165) is 19.3 Å². The Kier molecular flexibility index (Phi) is 6.89. The summed E-state index contributed by atoms with van der Waals surface area (Å²) in [6.07, 6.45) is 3.24. The number of carbonyl (C=O) groups is 1. The lowest BCUT2D eigenvalue weighted by Gasteiger charge is -2.16. The molecule has 1 unspecified atom stereocenters. The summed E-state index contributed by atoms with van der Waals surface area (Å²) in [4.78, 5) is 11.9. The Labute approximate surface area is 125 Å². The molecule has 4 nitrogen and oxygen atoms in total. The number of rotatable bonds is 7. The summed E-state index contributed by atoms with van der Waals surface area (Å²) in [6.45, 7) is 4.60. The maximum atomic E-state index is 11.9. The zero-order chi connectivity index (χ0) is 15.0. The van der Waals surface area contributed by atoms with Gasteiger partial charge in [0.25, 0.3) is 0 Å². The van der Waals surface area contributed by atoms with E-state index in [9.17, 15) is 4.79 Å². The number of halogens is 1. The molecule has 108 valence electrons. The highest BCUT2D eigenvalue weighted by molar-refractivity contribution is 6.33. The second kappa shape index (κ2) is 8.44. The Morgan fingerprint density at radius 1 is 1.45 bits per heavy atom. The molecule has 2 N–H and O–H groups in total. The standard InChI is InChI=1S/C15H20ClN3O/c1-3-4-5-8-18-15(20)11(2)19-14-7-6-12(10-17)9-13(14)16/h6-7,9,11,19H,3-5,8H2,1-2H3,(H,18,20). The SMILES string of the molecule is CCCCCNC(=O)C(C)Nc1ccc(C#N)cc1Cl. The molecule has 0 aliphatic rings. The number of carbonyl (C=O) groups excluding carboxylic acids is 1. The Hall–Kier alpha value is -1.73. The fraction of sp³-hybridized carbons (Fsp3) is 0.467. The van der Waals surface area contributed by atoms with Crippen LogP contribution in [0.3, 0.4) is 0 Å². The molecule has 0 spiro atoms. The van der Waals surface area contributed by atoms with E-state index < -0.39 is 0 Å². The van der Waals surface area contributed by atoms with Crippen molar-refractivity contribution in [2.24, 2.45) is 0 Å². The zero-order valence-corrected chi connectivity index (χ0v) is 12.6. The molecule has 1 rings (SSSR count). The van der Waals surface area contributed by atoms with E-state index in [1.165, 1.54) is 0 Å². The third kappa shape index (κ3) is 5.10. The van der Waals surface area contributed by atoms with Crippen molar-refractivity contribution in [2.75, 3.05) is 11.9 Å². The van der Waals surface area contributed by atoms with Crippen LogP contribution in [0.2, 0.25) is 5.02 Å². The Bertz CT molecular complexity index is 496. The summed E-state index contributed by atoms with van der Waals surface area (Å²) >= 11 is 6.06. The number of nitrogens with zero attached hydrogens (tertiary/aromatic N) is 1. The first-order valence-electron chi connectivity index (χ1n) is 6.82. The van der Waals surface area contributed by atoms with Crippen LogP contribution >= 0.6 is 11.6 Å². The first-order valence-corrected chi connectivity index (χ1v) is 7.20. The molecule has 0 bridgehead atoms. The molecular formula is C15H20ClN3O. The van der Waals surface area contributed by atoms with Crippen LogP contribution in [0, 0.1) is 11.3 Å². The monoisotopic (exact) mass is 293 g/mol. The van der Waals surface area contributed by atoms with Gasteiger partial charge in [-0.15, -0.1) is 0 Å². The van der Waals surface area contributed by atoms with Gasteiger partial charge in [-0.05, 0) is 31.5 Å². The average Bonchev–Trinajstić information content (AvgIpc) is 2.45. The molecule has 0 heterocycles. The zero-order valence-electron chi connectivity index (χ0n) is 11.9. The molecule has 0 saturated heterocycles. The van der Waals surface area contributed by atoms with Crippen LogP contribution in [0.1, 0.15) is 38.7 Å².